The zero-order valence-electron chi connectivity index (χ0n) is 12.5. The molecule has 0 aliphatic heterocycles. The Kier molecular flexibility index (Phi) is 6.74. The number of alkyl halides is 1. The van der Waals surface area contributed by atoms with Crippen molar-refractivity contribution in [3.8, 4) is 0 Å². The van der Waals surface area contributed by atoms with Crippen LogP contribution in [0.4, 0.5) is 0 Å². The van der Waals surface area contributed by atoms with Crippen LogP contribution in [0.3, 0.4) is 0 Å². The molecule has 0 aliphatic rings. The second-order valence-electron chi connectivity index (χ2n) is 4.64. The molecule has 1 aromatic rings. The highest BCUT2D eigenvalue weighted by Gasteiger charge is 2.42. The van der Waals surface area contributed by atoms with E-state index < -0.39 is 22.9 Å². The summed E-state index contributed by atoms with van der Waals surface area (Å²) >= 11 is 6.13. The number of methoxy groups -OCH3 is 1. The van der Waals surface area contributed by atoms with Gasteiger partial charge in [-0.3, -0.25) is 4.79 Å². The van der Waals surface area contributed by atoms with E-state index in [1.54, 1.807) is 37.3 Å². The minimum absolute atomic E-state index is 0.0371. The lowest BCUT2D eigenvalue weighted by Gasteiger charge is -2.31. The maximum absolute atomic E-state index is 12.4. The molecule has 120 valence electrons. The van der Waals surface area contributed by atoms with E-state index in [1.165, 1.54) is 7.11 Å². The molecule has 0 radical (unpaired) electrons. The van der Waals surface area contributed by atoms with Crippen LogP contribution in [0.15, 0.2) is 42.5 Å². The van der Waals surface area contributed by atoms with Gasteiger partial charge in [-0.2, -0.15) is 0 Å². The number of carbonyl (C=O) groups is 2. The Morgan fingerprint density at radius 2 is 1.95 bits per heavy atom. The molecule has 0 bridgehead atoms. The first-order chi connectivity index (χ1) is 10.4. The molecule has 0 amide bonds. The number of Topliss-reactive ketones (excluding diaryl/α,β-unsaturated/α-hetero) is 1. The number of carbonyl (C=O) groups excluding carboxylic acids is 2. The largest absolute Gasteiger partial charge is 0.466 e. The van der Waals surface area contributed by atoms with Gasteiger partial charge in [0.1, 0.15) is 0 Å². The van der Waals surface area contributed by atoms with E-state index in [0.29, 0.717) is 5.56 Å². The third kappa shape index (κ3) is 4.40. The van der Waals surface area contributed by atoms with Gasteiger partial charge in [0.05, 0.1) is 7.11 Å². The number of ether oxygens (including phenoxy) is 2. The van der Waals surface area contributed by atoms with Crippen molar-refractivity contribution in [2.24, 2.45) is 0 Å². The predicted octanol–water partition coefficient (Wildman–Crippen LogP) is 2.32. The number of benzene rings is 1. The number of aliphatic hydroxyl groups is 1. The van der Waals surface area contributed by atoms with Gasteiger partial charge in [-0.05, 0) is 6.92 Å². The zero-order chi connectivity index (χ0) is 16.8. The van der Waals surface area contributed by atoms with Crippen molar-refractivity contribution >= 4 is 23.4 Å². The Balaban J connectivity index is 2.99. The summed E-state index contributed by atoms with van der Waals surface area (Å²) in [7, 11) is 1.19. The molecule has 0 aromatic heterocycles. The Morgan fingerprint density at radius 1 is 1.36 bits per heavy atom. The van der Waals surface area contributed by atoms with E-state index in [9.17, 15) is 14.7 Å². The summed E-state index contributed by atoms with van der Waals surface area (Å²) in [5.74, 6) is -3.25. The van der Waals surface area contributed by atoms with Crippen molar-refractivity contribution in [1.82, 2.24) is 0 Å². The van der Waals surface area contributed by atoms with E-state index in [1.807, 2.05) is 0 Å². The average Bonchev–Trinajstić information content (AvgIpc) is 2.53. The molecule has 1 N–H and O–H groups in total. The zero-order valence-corrected chi connectivity index (χ0v) is 13.3. The summed E-state index contributed by atoms with van der Waals surface area (Å²) in [6.07, 6.45) is -0.333. The van der Waals surface area contributed by atoms with Crippen molar-refractivity contribution in [1.29, 1.82) is 0 Å². The molecule has 0 aliphatic carbocycles. The lowest BCUT2D eigenvalue weighted by Crippen LogP contribution is -2.47. The maximum atomic E-state index is 12.4. The lowest BCUT2D eigenvalue weighted by atomic mass is 9.97. The average molecular weight is 327 g/mol. The molecule has 0 saturated carbocycles. The summed E-state index contributed by atoms with van der Waals surface area (Å²) in [5.41, 5.74) is 0.300. The molecule has 0 fully saturated rings. The second-order valence-corrected chi connectivity index (χ2v) is 5.08. The first-order valence-corrected chi connectivity index (χ1v) is 7.15. The summed E-state index contributed by atoms with van der Waals surface area (Å²) in [6, 6.07) is 8.29. The quantitative estimate of drug-likeness (QED) is 0.261. The highest BCUT2D eigenvalue weighted by molar-refractivity contribution is 6.34. The smallest absolute Gasteiger partial charge is 0.333 e. The van der Waals surface area contributed by atoms with Crippen LogP contribution in [-0.2, 0) is 14.3 Å². The van der Waals surface area contributed by atoms with Gasteiger partial charge in [0.2, 0.25) is 0 Å². The Labute approximate surface area is 134 Å². The van der Waals surface area contributed by atoms with Gasteiger partial charge < -0.3 is 14.6 Å². The molecule has 2 unspecified atom stereocenters. The number of ketones is 1. The highest BCUT2D eigenvalue weighted by Crippen LogP contribution is 2.29. The van der Waals surface area contributed by atoms with Gasteiger partial charge in [-0.1, -0.05) is 36.9 Å². The minimum Gasteiger partial charge on any atom is -0.466 e. The molecule has 0 saturated heterocycles. The number of halogens is 1. The van der Waals surface area contributed by atoms with E-state index in [-0.39, 0.29) is 18.6 Å². The fraction of sp³-hybridized carbons (Fsp3) is 0.375. The number of rotatable bonds is 8. The van der Waals surface area contributed by atoms with E-state index in [2.05, 4.69) is 11.3 Å². The monoisotopic (exact) mass is 326 g/mol. The van der Waals surface area contributed by atoms with Crippen molar-refractivity contribution in [2.75, 3.05) is 13.7 Å². The molecule has 6 heteroatoms. The topological polar surface area (TPSA) is 72.8 Å². The summed E-state index contributed by atoms with van der Waals surface area (Å²) < 4.78 is 9.76. The molecule has 0 heterocycles. The van der Waals surface area contributed by atoms with Crippen LogP contribution < -0.4 is 0 Å². The van der Waals surface area contributed by atoms with Gasteiger partial charge in [0.15, 0.2) is 16.9 Å². The summed E-state index contributed by atoms with van der Waals surface area (Å²) in [6.45, 7) is 5.27. The van der Waals surface area contributed by atoms with Gasteiger partial charge in [0.25, 0.3) is 0 Å². The molecule has 5 nitrogen and oxygen atoms in total. The van der Waals surface area contributed by atoms with Crippen LogP contribution in [0.2, 0.25) is 0 Å². The first kappa shape index (κ1) is 18.4. The summed E-state index contributed by atoms with van der Waals surface area (Å²) in [4.78, 5) is 23.8. The van der Waals surface area contributed by atoms with Crippen LogP contribution in [-0.4, -0.2) is 41.7 Å². The van der Waals surface area contributed by atoms with Crippen LogP contribution in [0, 0.1) is 0 Å². The van der Waals surface area contributed by atoms with E-state index in [4.69, 9.17) is 16.3 Å². The summed E-state index contributed by atoms with van der Waals surface area (Å²) in [5, 5.41) is 9.19. The lowest BCUT2D eigenvalue weighted by molar-refractivity contribution is -0.194. The normalized spacial score (nSPS) is 14.7. The van der Waals surface area contributed by atoms with E-state index >= 15 is 0 Å². The van der Waals surface area contributed by atoms with Gasteiger partial charge in [-0.25, -0.2) is 4.79 Å². The predicted molar refractivity (Wildman–Crippen MR) is 82.8 cm³/mol. The number of hydrogen-bond donors (Lipinski definition) is 1. The first-order valence-electron chi connectivity index (χ1n) is 6.71. The molecule has 0 spiro atoms. The van der Waals surface area contributed by atoms with Crippen molar-refractivity contribution < 1.29 is 24.2 Å². The maximum Gasteiger partial charge on any atom is 0.333 e. The SMILES string of the molecule is C=C(CC(O)(OCC)C(Cl)C(=O)c1ccccc1)C(=O)OC. The molecule has 2 atom stereocenters. The van der Waals surface area contributed by atoms with Gasteiger partial charge >= 0.3 is 5.97 Å². The van der Waals surface area contributed by atoms with E-state index in [0.717, 1.165) is 0 Å². The molecule has 1 rings (SSSR count). The Bertz CT molecular complexity index is 543. The second kappa shape index (κ2) is 8.08. The molecular formula is C16H19ClO5. The van der Waals surface area contributed by atoms with Crippen LogP contribution in [0.5, 0.6) is 0 Å². The molecule has 1 aromatic carbocycles. The van der Waals surface area contributed by atoms with Gasteiger partial charge in [0, 0.05) is 24.2 Å². The van der Waals surface area contributed by atoms with Crippen molar-refractivity contribution in [3.05, 3.63) is 48.0 Å². The fourth-order valence-corrected chi connectivity index (χ4v) is 2.21. The minimum atomic E-state index is -2.05. The van der Waals surface area contributed by atoms with Crippen molar-refractivity contribution in [2.45, 2.75) is 24.5 Å². The molecular weight excluding hydrogens is 308 g/mol. The third-order valence-electron chi connectivity index (χ3n) is 3.02. The van der Waals surface area contributed by atoms with Crippen molar-refractivity contribution in [3.63, 3.8) is 0 Å². The van der Waals surface area contributed by atoms with Crippen LogP contribution in [0.25, 0.3) is 0 Å². The highest BCUT2D eigenvalue weighted by atomic mass is 35.5. The van der Waals surface area contributed by atoms with Gasteiger partial charge in [-0.15, -0.1) is 11.6 Å². The fourth-order valence-electron chi connectivity index (χ4n) is 1.94. The number of esters is 1. The standard InChI is InChI=1S/C16H19ClO5/c1-4-22-16(20,10-11(2)15(19)21-3)14(17)13(18)12-8-6-5-7-9-12/h5-9,14,20H,2,4,10H2,1,3H3. The Hall–Kier alpha value is -1.69. The molecule has 22 heavy (non-hydrogen) atoms. The Morgan fingerprint density at radius 3 is 2.45 bits per heavy atom. The number of hydrogen-bond acceptors (Lipinski definition) is 5. The van der Waals surface area contributed by atoms with Crippen LogP contribution in [0.1, 0.15) is 23.7 Å². The third-order valence-corrected chi connectivity index (χ3v) is 3.56. The van der Waals surface area contributed by atoms with Crippen LogP contribution >= 0.6 is 11.6 Å².